The molecule has 0 spiro atoms. The number of morpholine rings is 1. The highest BCUT2D eigenvalue weighted by molar-refractivity contribution is 5.83. The molecule has 1 aromatic carbocycles. The summed E-state index contributed by atoms with van der Waals surface area (Å²) < 4.78 is 25.3. The molecule has 2 atom stereocenters. The summed E-state index contributed by atoms with van der Waals surface area (Å²) in [5.74, 6) is -0.467. The maximum absolute atomic E-state index is 14.7. The molecular formula is C14H17FN2O3. The molecular weight excluding hydrogens is 263 g/mol. The fourth-order valence-electron chi connectivity index (χ4n) is 2.84. The van der Waals surface area contributed by atoms with Crippen LogP contribution in [0.1, 0.15) is 19.4 Å². The van der Waals surface area contributed by atoms with Crippen LogP contribution in [0.2, 0.25) is 0 Å². The van der Waals surface area contributed by atoms with E-state index in [4.69, 9.17) is 9.26 Å². The van der Waals surface area contributed by atoms with Crippen molar-refractivity contribution < 1.29 is 18.8 Å². The molecule has 0 saturated carbocycles. The normalized spacial score (nSPS) is 23.5. The van der Waals surface area contributed by atoms with Crippen LogP contribution in [0.4, 0.5) is 10.1 Å². The molecule has 0 aliphatic carbocycles. The summed E-state index contributed by atoms with van der Waals surface area (Å²) in [6.07, 6.45) is 1.47. The Hall–Kier alpha value is -1.66. The fraction of sp³-hybridized carbons (Fsp3) is 0.500. The summed E-state index contributed by atoms with van der Waals surface area (Å²) in [5.41, 5.74) is 1.06. The van der Waals surface area contributed by atoms with Gasteiger partial charge in [0.15, 0.2) is 5.82 Å². The highest BCUT2D eigenvalue weighted by Gasteiger charge is 2.28. The van der Waals surface area contributed by atoms with Crippen LogP contribution < -0.4 is 4.90 Å². The van der Waals surface area contributed by atoms with Crippen molar-refractivity contribution in [1.82, 2.24) is 5.16 Å². The van der Waals surface area contributed by atoms with E-state index in [0.29, 0.717) is 29.7 Å². The van der Waals surface area contributed by atoms with Gasteiger partial charge in [-0.3, -0.25) is 0 Å². The first kappa shape index (κ1) is 13.3. The van der Waals surface area contributed by atoms with E-state index in [2.05, 4.69) is 5.16 Å². The van der Waals surface area contributed by atoms with Crippen LogP contribution in [0.5, 0.6) is 0 Å². The number of halogens is 1. The van der Waals surface area contributed by atoms with Crippen molar-refractivity contribution in [2.75, 3.05) is 18.0 Å². The molecule has 1 N–H and O–H groups in total. The van der Waals surface area contributed by atoms with Crippen molar-refractivity contribution in [3.05, 3.63) is 23.6 Å². The quantitative estimate of drug-likeness (QED) is 0.912. The van der Waals surface area contributed by atoms with Crippen LogP contribution in [0, 0.1) is 5.82 Å². The zero-order valence-corrected chi connectivity index (χ0v) is 11.5. The van der Waals surface area contributed by atoms with Crippen LogP contribution in [-0.4, -0.2) is 35.6 Å². The van der Waals surface area contributed by atoms with Gasteiger partial charge in [-0.2, -0.15) is 0 Å². The van der Waals surface area contributed by atoms with Crippen molar-refractivity contribution in [2.24, 2.45) is 0 Å². The van der Waals surface area contributed by atoms with Crippen molar-refractivity contribution in [3.8, 4) is 0 Å². The van der Waals surface area contributed by atoms with Crippen molar-refractivity contribution in [1.29, 1.82) is 0 Å². The lowest BCUT2D eigenvalue weighted by Crippen LogP contribution is -2.46. The smallest absolute Gasteiger partial charge is 0.204 e. The Morgan fingerprint density at radius 3 is 2.75 bits per heavy atom. The molecule has 5 nitrogen and oxygen atoms in total. The van der Waals surface area contributed by atoms with Crippen LogP contribution >= 0.6 is 0 Å². The molecule has 20 heavy (non-hydrogen) atoms. The maximum atomic E-state index is 14.7. The third kappa shape index (κ3) is 2.14. The Kier molecular flexibility index (Phi) is 3.35. The molecule has 2 aromatic rings. The van der Waals surface area contributed by atoms with Gasteiger partial charge < -0.3 is 19.3 Å². The zero-order chi connectivity index (χ0) is 14.3. The second-order valence-corrected chi connectivity index (χ2v) is 5.26. The van der Waals surface area contributed by atoms with Crippen molar-refractivity contribution >= 4 is 16.7 Å². The van der Waals surface area contributed by atoms with E-state index in [-0.39, 0.29) is 24.4 Å². The number of aromatic nitrogens is 1. The van der Waals surface area contributed by atoms with E-state index < -0.39 is 5.82 Å². The summed E-state index contributed by atoms with van der Waals surface area (Å²) in [6, 6.07) is 1.72. The van der Waals surface area contributed by atoms with Gasteiger partial charge in [-0.15, -0.1) is 0 Å². The summed E-state index contributed by atoms with van der Waals surface area (Å²) in [6.45, 7) is 4.83. The van der Waals surface area contributed by atoms with E-state index in [0.717, 1.165) is 0 Å². The highest BCUT2D eigenvalue weighted by Crippen LogP contribution is 2.33. The summed E-state index contributed by atoms with van der Waals surface area (Å²) in [7, 11) is 0. The molecule has 0 amide bonds. The number of aliphatic hydroxyl groups excluding tert-OH is 1. The molecule has 0 bridgehead atoms. The standard InChI is InChI=1S/C14H17FN2O3/c1-8-5-17(6-9(2)19-8)13-11(7-18)3-10-4-16-20-14(10)12(13)15/h3-4,8-9,18H,5-7H2,1-2H3/t8-,9+. The van der Waals surface area contributed by atoms with Gasteiger partial charge in [-0.25, -0.2) is 4.39 Å². The number of hydrogen-bond donors (Lipinski definition) is 1. The molecule has 0 radical (unpaired) electrons. The number of benzene rings is 1. The Morgan fingerprint density at radius 1 is 1.40 bits per heavy atom. The molecule has 1 fully saturated rings. The fourth-order valence-corrected chi connectivity index (χ4v) is 2.84. The van der Waals surface area contributed by atoms with Crippen molar-refractivity contribution in [2.45, 2.75) is 32.7 Å². The van der Waals surface area contributed by atoms with Gasteiger partial charge in [-0.05, 0) is 19.9 Å². The number of fused-ring (bicyclic) bond motifs is 1. The lowest BCUT2D eigenvalue weighted by atomic mass is 10.1. The van der Waals surface area contributed by atoms with Gasteiger partial charge in [0.25, 0.3) is 0 Å². The van der Waals surface area contributed by atoms with Gasteiger partial charge in [0.1, 0.15) is 0 Å². The van der Waals surface area contributed by atoms with E-state index in [9.17, 15) is 9.50 Å². The molecule has 1 saturated heterocycles. The SMILES string of the molecule is C[C@@H]1CN(c2c(CO)cc3cnoc3c2F)C[C@H](C)O1. The number of anilines is 1. The van der Waals surface area contributed by atoms with Gasteiger partial charge in [0.2, 0.25) is 5.58 Å². The number of rotatable bonds is 2. The monoisotopic (exact) mass is 280 g/mol. The first-order chi connectivity index (χ1) is 9.60. The van der Waals surface area contributed by atoms with Gasteiger partial charge in [0, 0.05) is 24.0 Å². The van der Waals surface area contributed by atoms with Crippen LogP contribution in [0.3, 0.4) is 0 Å². The predicted molar refractivity (Wildman–Crippen MR) is 72.1 cm³/mol. The van der Waals surface area contributed by atoms with Crippen molar-refractivity contribution in [3.63, 3.8) is 0 Å². The first-order valence-corrected chi connectivity index (χ1v) is 6.67. The average molecular weight is 280 g/mol. The van der Waals surface area contributed by atoms with Crippen LogP contribution in [0.25, 0.3) is 11.0 Å². The molecule has 0 unspecified atom stereocenters. The number of ether oxygens (including phenoxy) is 1. The molecule has 108 valence electrons. The van der Waals surface area contributed by atoms with E-state index >= 15 is 0 Å². The molecule has 6 heteroatoms. The topological polar surface area (TPSA) is 58.7 Å². The first-order valence-electron chi connectivity index (χ1n) is 6.67. The Morgan fingerprint density at radius 2 is 2.10 bits per heavy atom. The highest BCUT2D eigenvalue weighted by atomic mass is 19.1. The number of nitrogens with zero attached hydrogens (tertiary/aromatic N) is 2. The third-order valence-electron chi connectivity index (χ3n) is 3.55. The molecule has 3 rings (SSSR count). The van der Waals surface area contributed by atoms with E-state index in [1.54, 1.807) is 6.07 Å². The van der Waals surface area contributed by atoms with Gasteiger partial charge in [0.05, 0.1) is 30.7 Å². The van der Waals surface area contributed by atoms with Crippen LogP contribution in [-0.2, 0) is 11.3 Å². The summed E-state index contributed by atoms with van der Waals surface area (Å²) >= 11 is 0. The third-order valence-corrected chi connectivity index (χ3v) is 3.55. The Bertz CT molecular complexity index is 618. The van der Waals surface area contributed by atoms with Crippen LogP contribution in [0.15, 0.2) is 16.8 Å². The second kappa shape index (κ2) is 5.03. The number of hydrogen-bond acceptors (Lipinski definition) is 5. The van der Waals surface area contributed by atoms with E-state index in [1.165, 1.54) is 6.20 Å². The maximum Gasteiger partial charge on any atom is 0.204 e. The minimum absolute atomic E-state index is 0.00937. The second-order valence-electron chi connectivity index (χ2n) is 5.26. The largest absolute Gasteiger partial charge is 0.392 e. The Balaban J connectivity index is 2.11. The van der Waals surface area contributed by atoms with Gasteiger partial charge >= 0.3 is 0 Å². The van der Waals surface area contributed by atoms with E-state index in [1.807, 2.05) is 18.7 Å². The minimum atomic E-state index is -0.467. The molecule has 1 aliphatic heterocycles. The summed E-state index contributed by atoms with van der Waals surface area (Å²) in [4.78, 5) is 1.90. The zero-order valence-electron chi connectivity index (χ0n) is 11.5. The molecule has 1 aliphatic rings. The van der Waals surface area contributed by atoms with Gasteiger partial charge in [-0.1, -0.05) is 5.16 Å². The predicted octanol–water partition coefficient (Wildman–Crippen LogP) is 2.07. The molecule has 1 aromatic heterocycles. The Labute approximate surface area is 115 Å². The minimum Gasteiger partial charge on any atom is -0.392 e. The average Bonchev–Trinajstić information content (AvgIpc) is 2.85. The summed E-state index contributed by atoms with van der Waals surface area (Å²) in [5, 5.41) is 13.7. The number of aliphatic hydroxyl groups is 1. The lowest BCUT2D eigenvalue weighted by Gasteiger charge is -2.37. The molecule has 2 heterocycles. The lowest BCUT2D eigenvalue weighted by molar-refractivity contribution is -0.00549.